The third-order valence-corrected chi connectivity index (χ3v) is 7.56. The fraction of sp³-hybridized carbons (Fsp3) is 0.147. The highest BCUT2D eigenvalue weighted by Crippen LogP contribution is 2.49. The molecule has 0 spiro atoms. The van der Waals surface area contributed by atoms with Gasteiger partial charge in [0.2, 0.25) is 0 Å². The average molecular weight is 539 g/mol. The van der Waals surface area contributed by atoms with E-state index >= 15 is 0 Å². The molecule has 0 unspecified atom stereocenters. The van der Waals surface area contributed by atoms with E-state index in [0.29, 0.717) is 5.84 Å². The molecule has 0 fully saturated rings. The topological polar surface area (TPSA) is 67.0 Å². The summed E-state index contributed by atoms with van der Waals surface area (Å²) >= 11 is 0. The number of aromatic nitrogens is 2. The van der Waals surface area contributed by atoms with Crippen molar-refractivity contribution in [1.82, 2.24) is 9.78 Å². The van der Waals surface area contributed by atoms with Crippen molar-refractivity contribution in [2.24, 2.45) is 9.98 Å². The smallest absolute Gasteiger partial charge is 0.179 e. The van der Waals surface area contributed by atoms with Crippen LogP contribution in [0.1, 0.15) is 34.0 Å². The molecule has 0 saturated heterocycles. The summed E-state index contributed by atoms with van der Waals surface area (Å²) in [6.07, 6.45) is 0. The quantitative estimate of drug-likeness (QED) is 0.256. The third-order valence-electron chi connectivity index (χ3n) is 7.56. The van der Waals surface area contributed by atoms with Crippen molar-refractivity contribution < 1.29 is 4.74 Å². The minimum absolute atomic E-state index is 0.251. The van der Waals surface area contributed by atoms with Crippen molar-refractivity contribution in [3.63, 3.8) is 0 Å². The van der Waals surface area contributed by atoms with Gasteiger partial charge in [-0.3, -0.25) is 0 Å². The first-order valence-corrected chi connectivity index (χ1v) is 13.7. The second-order valence-corrected chi connectivity index (χ2v) is 10.5. The molecule has 0 bridgehead atoms. The van der Waals surface area contributed by atoms with Gasteiger partial charge in [0, 0.05) is 16.8 Å². The number of nitrogens with one attached hydrogen (secondary N) is 1. The zero-order chi connectivity index (χ0) is 28.1. The summed E-state index contributed by atoms with van der Waals surface area (Å²) in [5, 5.41) is 8.64. The first-order chi connectivity index (χ1) is 20.0. The van der Waals surface area contributed by atoms with Crippen LogP contribution in [0.15, 0.2) is 107 Å². The Bertz CT molecular complexity index is 1830. The van der Waals surface area contributed by atoms with Gasteiger partial charge in [-0.15, -0.1) is 0 Å². The summed E-state index contributed by atoms with van der Waals surface area (Å²) < 4.78 is 7.86. The van der Waals surface area contributed by atoms with Gasteiger partial charge >= 0.3 is 0 Å². The number of methoxy groups -OCH3 is 1. The zero-order valence-electron chi connectivity index (χ0n) is 23.5. The Morgan fingerprint density at radius 1 is 0.780 bits per heavy atom. The van der Waals surface area contributed by atoms with Crippen molar-refractivity contribution in [1.29, 1.82) is 0 Å². The fourth-order valence-corrected chi connectivity index (χ4v) is 5.92. The SMILES string of the molecule is COc1ccccc1[C@H]1c2c(C)nn(-c3ccccc3)c2N=C2C(Nc3cc(C)cc(C)c3)=Nc3ccccc3N21. The number of aryl methyl sites for hydroxylation is 3. The monoisotopic (exact) mass is 538 g/mol. The summed E-state index contributed by atoms with van der Waals surface area (Å²) in [4.78, 5) is 12.7. The molecule has 0 amide bonds. The van der Waals surface area contributed by atoms with Gasteiger partial charge < -0.3 is 15.0 Å². The molecule has 0 aliphatic carbocycles. The number of aliphatic imine (C=N–C) groups is 2. The van der Waals surface area contributed by atoms with Gasteiger partial charge in [-0.1, -0.05) is 54.6 Å². The average Bonchev–Trinajstić information content (AvgIpc) is 3.32. The maximum absolute atomic E-state index is 5.92. The molecule has 1 atom stereocenters. The molecule has 7 rings (SSSR count). The van der Waals surface area contributed by atoms with E-state index in [1.54, 1.807) is 7.11 Å². The number of nitrogens with zero attached hydrogens (tertiary/aromatic N) is 5. The fourth-order valence-electron chi connectivity index (χ4n) is 5.92. The number of fused-ring (bicyclic) bond motifs is 4. The molecule has 7 heteroatoms. The van der Waals surface area contributed by atoms with E-state index in [1.165, 1.54) is 11.1 Å². The third kappa shape index (κ3) is 4.17. The van der Waals surface area contributed by atoms with Gasteiger partial charge in [0.25, 0.3) is 0 Å². The molecule has 41 heavy (non-hydrogen) atoms. The number of hydrogen-bond acceptors (Lipinski definition) is 6. The molecule has 3 heterocycles. The molecule has 7 nitrogen and oxygen atoms in total. The number of ether oxygens (including phenoxy) is 1. The van der Waals surface area contributed by atoms with Gasteiger partial charge in [-0.25, -0.2) is 14.7 Å². The van der Waals surface area contributed by atoms with Gasteiger partial charge in [-0.05, 0) is 74.4 Å². The molecule has 4 aromatic carbocycles. The zero-order valence-corrected chi connectivity index (χ0v) is 23.5. The van der Waals surface area contributed by atoms with E-state index in [2.05, 4.69) is 79.5 Å². The molecule has 0 radical (unpaired) electrons. The van der Waals surface area contributed by atoms with Gasteiger partial charge in [-0.2, -0.15) is 5.10 Å². The van der Waals surface area contributed by atoms with Gasteiger partial charge in [0.15, 0.2) is 17.5 Å². The second kappa shape index (κ2) is 9.78. The van der Waals surface area contributed by atoms with Gasteiger partial charge in [0.05, 0.1) is 35.9 Å². The summed E-state index contributed by atoms with van der Waals surface area (Å²) in [7, 11) is 1.72. The number of anilines is 2. The van der Waals surface area contributed by atoms with Crippen LogP contribution in [0.4, 0.5) is 22.9 Å². The molecule has 5 aromatic rings. The standard InChI is InChI=1S/C34H30N6O/c1-21-18-22(2)20-24(19-21)35-32-34-37-33-30(23(3)38-40(33)25-12-6-5-7-13-25)31(26-14-8-11-17-29(26)41-4)39(34)28-16-10-9-15-27(28)36-32/h5-20,31H,1-4H3,(H,35,36)/t31-/m0/s1. The molecule has 1 N–H and O–H groups in total. The lowest BCUT2D eigenvalue weighted by Crippen LogP contribution is -2.46. The van der Waals surface area contributed by atoms with Crippen molar-refractivity contribution in [3.05, 3.63) is 125 Å². The van der Waals surface area contributed by atoms with E-state index in [-0.39, 0.29) is 6.04 Å². The van der Waals surface area contributed by atoms with E-state index in [9.17, 15) is 0 Å². The molecule has 1 aromatic heterocycles. The van der Waals surface area contributed by atoms with E-state index in [4.69, 9.17) is 19.8 Å². The Morgan fingerprint density at radius 3 is 2.27 bits per heavy atom. The highest BCUT2D eigenvalue weighted by molar-refractivity contribution is 6.51. The highest BCUT2D eigenvalue weighted by atomic mass is 16.5. The van der Waals surface area contributed by atoms with Crippen LogP contribution in [0, 0.1) is 20.8 Å². The number of para-hydroxylation sites is 4. The van der Waals surface area contributed by atoms with Crippen LogP contribution < -0.4 is 15.0 Å². The molecular weight excluding hydrogens is 508 g/mol. The maximum Gasteiger partial charge on any atom is 0.179 e. The summed E-state index contributed by atoms with van der Waals surface area (Å²) in [5.74, 6) is 2.99. The van der Waals surface area contributed by atoms with Crippen LogP contribution in [0.2, 0.25) is 0 Å². The van der Waals surface area contributed by atoms with Gasteiger partial charge in [0.1, 0.15) is 5.75 Å². The number of rotatable bonds is 4. The molecular formula is C34H30N6O. The molecule has 2 aliphatic heterocycles. The highest BCUT2D eigenvalue weighted by Gasteiger charge is 2.42. The Morgan fingerprint density at radius 2 is 1.49 bits per heavy atom. The number of amidine groups is 2. The lowest BCUT2D eigenvalue weighted by molar-refractivity contribution is 0.407. The van der Waals surface area contributed by atoms with Crippen LogP contribution >= 0.6 is 0 Å². The Hall–Kier alpha value is -5.17. The summed E-state index contributed by atoms with van der Waals surface area (Å²) in [6.45, 7) is 6.26. The van der Waals surface area contributed by atoms with Crippen LogP contribution in [0.5, 0.6) is 5.75 Å². The Kier molecular flexibility index (Phi) is 5.93. The first kappa shape index (κ1) is 24.8. The summed E-state index contributed by atoms with van der Waals surface area (Å²) in [6, 6.07) is 32.7. The van der Waals surface area contributed by atoms with Crippen molar-refractivity contribution in [2.75, 3.05) is 17.3 Å². The minimum Gasteiger partial charge on any atom is -0.496 e. The number of benzene rings is 4. The lowest BCUT2D eigenvalue weighted by Gasteiger charge is -2.41. The lowest BCUT2D eigenvalue weighted by atomic mass is 9.92. The minimum atomic E-state index is -0.251. The predicted molar refractivity (Wildman–Crippen MR) is 166 cm³/mol. The van der Waals surface area contributed by atoms with E-state index < -0.39 is 0 Å². The Balaban J connectivity index is 1.52. The van der Waals surface area contributed by atoms with Crippen molar-refractivity contribution in [2.45, 2.75) is 26.8 Å². The van der Waals surface area contributed by atoms with Crippen LogP contribution in [-0.2, 0) is 0 Å². The Labute approximate surface area is 239 Å². The van der Waals surface area contributed by atoms with E-state index in [1.807, 2.05) is 53.2 Å². The maximum atomic E-state index is 5.92. The first-order valence-electron chi connectivity index (χ1n) is 13.7. The summed E-state index contributed by atoms with van der Waals surface area (Å²) in [5.41, 5.74) is 9.09. The van der Waals surface area contributed by atoms with Crippen LogP contribution in [0.3, 0.4) is 0 Å². The second-order valence-electron chi connectivity index (χ2n) is 10.5. The normalized spacial score (nSPS) is 15.3. The van der Waals surface area contributed by atoms with Crippen LogP contribution in [0.25, 0.3) is 5.69 Å². The molecule has 2 aliphatic rings. The largest absolute Gasteiger partial charge is 0.496 e. The van der Waals surface area contributed by atoms with Crippen molar-refractivity contribution >= 4 is 34.6 Å². The predicted octanol–water partition coefficient (Wildman–Crippen LogP) is 7.60. The molecule has 0 saturated carbocycles. The van der Waals surface area contributed by atoms with Crippen LogP contribution in [-0.4, -0.2) is 28.6 Å². The van der Waals surface area contributed by atoms with Crippen molar-refractivity contribution in [3.8, 4) is 11.4 Å². The number of hydrogen-bond donors (Lipinski definition) is 1. The molecule has 202 valence electrons. The van der Waals surface area contributed by atoms with E-state index in [0.717, 1.165) is 57.0 Å².